The second-order valence-electron chi connectivity index (χ2n) is 8.75. The molecule has 164 valence electrons. The summed E-state index contributed by atoms with van der Waals surface area (Å²) in [5.41, 5.74) is 10.5. The first-order valence-corrected chi connectivity index (χ1v) is 11.4. The van der Waals surface area contributed by atoms with Crippen LogP contribution in [-0.2, 0) is 13.1 Å². The molecule has 3 aromatic rings. The van der Waals surface area contributed by atoms with E-state index < -0.39 is 0 Å². The maximum Gasteiger partial charge on any atom is 0.229 e. The van der Waals surface area contributed by atoms with Crippen LogP contribution in [0.1, 0.15) is 29.2 Å². The van der Waals surface area contributed by atoms with Gasteiger partial charge in [-0.15, -0.1) is 0 Å². The first-order chi connectivity index (χ1) is 15.8. The summed E-state index contributed by atoms with van der Waals surface area (Å²) < 4.78 is 0. The minimum atomic E-state index is 0.289. The Balaban J connectivity index is 1.21. The van der Waals surface area contributed by atoms with Crippen molar-refractivity contribution in [3.8, 4) is 0 Å². The normalized spacial score (nSPS) is 20.2. The third-order valence-corrected chi connectivity index (χ3v) is 6.61. The molecule has 1 unspecified atom stereocenters. The van der Waals surface area contributed by atoms with Gasteiger partial charge in [-0.2, -0.15) is 9.97 Å². The average molecular weight is 429 g/mol. The van der Waals surface area contributed by atoms with E-state index in [-0.39, 0.29) is 6.04 Å². The zero-order valence-corrected chi connectivity index (χ0v) is 18.1. The minimum Gasteiger partial charge on any atom is -0.352 e. The number of piperazine rings is 1. The highest BCUT2D eigenvalue weighted by Gasteiger charge is 2.35. The summed E-state index contributed by atoms with van der Waals surface area (Å²) in [6.45, 7) is 6.63. The smallest absolute Gasteiger partial charge is 0.229 e. The van der Waals surface area contributed by atoms with Crippen LogP contribution in [0.2, 0.25) is 0 Å². The summed E-state index contributed by atoms with van der Waals surface area (Å²) in [6.07, 6.45) is 4.83. The molecule has 0 amide bonds. The molecule has 0 radical (unpaired) electrons. The first kappa shape index (κ1) is 19.5. The van der Waals surface area contributed by atoms with E-state index in [4.69, 9.17) is 9.97 Å². The summed E-state index contributed by atoms with van der Waals surface area (Å²) in [5, 5.41) is 0. The molecule has 0 spiro atoms. The quantitative estimate of drug-likeness (QED) is 0.643. The number of nitrogens with zero attached hydrogens (tertiary/aromatic N) is 6. The molecular weight excluding hydrogens is 400 g/mol. The molecule has 1 fully saturated rings. The van der Waals surface area contributed by atoms with Crippen LogP contribution < -0.4 is 20.7 Å². The summed E-state index contributed by atoms with van der Waals surface area (Å²) in [7, 11) is 0. The van der Waals surface area contributed by atoms with E-state index in [2.05, 4.69) is 66.9 Å². The summed E-state index contributed by atoms with van der Waals surface area (Å²) in [5.74, 6) is 2.83. The number of rotatable bonds is 5. The van der Waals surface area contributed by atoms with Gasteiger partial charge in [0.2, 0.25) is 5.95 Å². The van der Waals surface area contributed by atoms with E-state index in [1.165, 1.54) is 16.7 Å². The Morgan fingerprint density at radius 2 is 1.72 bits per heavy atom. The zero-order valence-electron chi connectivity index (χ0n) is 18.1. The largest absolute Gasteiger partial charge is 0.352 e. The molecule has 5 heterocycles. The topological polar surface area (TPSA) is 72.5 Å². The molecule has 1 atom stereocenters. The van der Waals surface area contributed by atoms with E-state index in [0.29, 0.717) is 0 Å². The van der Waals surface area contributed by atoms with Gasteiger partial charge in [0.1, 0.15) is 5.82 Å². The van der Waals surface area contributed by atoms with Crippen LogP contribution in [0.15, 0.2) is 54.9 Å². The average Bonchev–Trinajstić information content (AvgIpc) is 3.26. The lowest BCUT2D eigenvalue weighted by atomic mass is 10.0. The number of hydrogen-bond donors (Lipinski definition) is 2. The van der Waals surface area contributed by atoms with Gasteiger partial charge in [-0.3, -0.25) is 9.88 Å². The van der Waals surface area contributed by atoms with Gasteiger partial charge in [0.15, 0.2) is 5.82 Å². The van der Waals surface area contributed by atoms with Crippen molar-refractivity contribution in [1.29, 1.82) is 0 Å². The van der Waals surface area contributed by atoms with Gasteiger partial charge < -0.3 is 15.2 Å². The fraction of sp³-hybridized carbons (Fsp3) is 0.375. The molecule has 1 aromatic carbocycles. The fourth-order valence-corrected chi connectivity index (χ4v) is 4.89. The van der Waals surface area contributed by atoms with Crippen molar-refractivity contribution in [3.63, 3.8) is 0 Å². The lowest BCUT2D eigenvalue weighted by Crippen LogP contribution is -2.46. The number of benzene rings is 1. The van der Waals surface area contributed by atoms with E-state index in [1.54, 1.807) is 0 Å². The zero-order chi connectivity index (χ0) is 21.3. The maximum absolute atomic E-state index is 5.11. The number of hydrogen-bond acceptors (Lipinski definition) is 8. The van der Waals surface area contributed by atoms with Crippen molar-refractivity contribution >= 4 is 17.6 Å². The highest BCUT2D eigenvalue weighted by atomic mass is 15.5. The van der Waals surface area contributed by atoms with E-state index in [1.807, 2.05) is 18.5 Å². The van der Waals surface area contributed by atoms with Gasteiger partial charge in [-0.05, 0) is 23.6 Å². The van der Waals surface area contributed by atoms with Crippen LogP contribution in [-0.4, -0.2) is 52.6 Å². The van der Waals surface area contributed by atoms with Crippen molar-refractivity contribution in [2.24, 2.45) is 0 Å². The predicted octanol–water partition coefficient (Wildman–Crippen LogP) is 2.58. The van der Waals surface area contributed by atoms with Gasteiger partial charge in [-0.1, -0.05) is 36.4 Å². The maximum atomic E-state index is 5.11. The number of anilines is 3. The first-order valence-electron chi connectivity index (χ1n) is 11.4. The number of aromatic nitrogens is 3. The van der Waals surface area contributed by atoms with Crippen molar-refractivity contribution in [1.82, 2.24) is 25.3 Å². The Bertz CT molecular complexity index is 1070. The molecule has 0 aliphatic carbocycles. The van der Waals surface area contributed by atoms with Crippen molar-refractivity contribution in [2.75, 3.05) is 47.9 Å². The minimum absolute atomic E-state index is 0.289. The van der Waals surface area contributed by atoms with Crippen LogP contribution >= 0.6 is 0 Å². The summed E-state index contributed by atoms with van der Waals surface area (Å²) in [6, 6.07) is 15.1. The third kappa shape index (κ3) is 3.76. The standard InChI is InChI=1S/C24H28N8/c1-2-5-18(6-3-1)17-32-10-8-20-21-22(29-28-20)26-24(27-23(21)32)31-13-11-30(12-14-31)16-19-7-4-9-25-15-19/h1-7,9,15,20,28H,8,10-14,16-17H2,(H,26,27,29). The highest BCUT2D eigenvalue weighted by Crippen LogP contribution is 2.41. The van der Waals surface area contributed by atoms with E-state index >= 15 is 0 Å². The Morgan fingerprint density at radius 1 is 0.875 bits per heavy atom. The van der Waals surface area contributed by atoms with Crippen LogP contribution in [0, 0.1) is 0 Å². The second-order valence-corrected chi connectivity index (χ2v) is 8.75. The number of pyridine rings is 1. The Kier molecular flexibility index (Phi) is 5.09. The van der Waals surface area contributed by atoms with Gasteiger partial charge in [0.05, 0.1) is 11.6 Å². The molecule has 32 heavy (non-hydrogen) atoms. The SMILES string of the molecule is c1ccc(CN2CCC3NNc4nc(N5CCN(Cc6cccnc6)CC5)nc2c43)cc1. The van der Waals surface area contributed by atoms with Gasteiger partial charge in [-0.25, -0.2) is 5.43 Å². The molecule has 0 bridgehead atoms. The summed E-state index contributed by atoms with van der Waals surface area (Å²) in [4.78, 5) is 21.5. The van der Waals surface area contributed by atoms with Crippen LogP contribution in [0.4, 0.5) is 17.6 Å². The van der Waals surface area contributed by atoms with E-state index in [0.717, 1.165) is 69.8 Å². The molecule has 1 saturated heterocycles. The fourth-order valence-electron chi connectivity index (χ4n) is 4.89. The Morgan fingerprint density at radius 3 is 2.53 bits per heavy atom. The predicted molar refractivity (Wildman–Crippen MR) is 125 cm³/mol. The Labute approximate surface area is 188 Å². The Hall–Kier alpha value is -3.23. The number of nitrogens with one attached hydrogen (secondary N) is 2. The molecular formula is C24H28N8. The lowest BCUT2D eigenvalue weighted by molar-refractivity contribution is 0.248. The molecule has 8 heteroatoms. The van der Waals surface area contributed by atoms with Gasteiger partial charge in [0.25, 0.3) is 0 Å². The number of hydrazine groups is 1. The monoisotopic (exact) mass is 428 g/mol. The lowest BCUT2D eigenvalue weighted by Gasteiger charge is -2.36. The van der Waals surface area contributed by atoms with Gasteiger partial charge in [0, 0.05) is 58.2 Å². The molecule has 3 aliphatic rings. The third-order valence-electron chi connectivity index (χ3n) is 6.61. The highest BCUT2D eigenvalue weighted by molar-refractivity contribution is 5.67. The second kappa shape index (κ2) is 8.37. The van der Waals surface area contributed by atoms with Crippen LogP contribution in [0.5, 0.6) is 0 Å². The van der Waals surface area contributed by atoms with Gasteiger partial charge >= 0.3 is 0 Å². The van der Waals surface area contributed by atoms with Crippen molar-refractivity contribution < 1.29 is 0 Å². The molecule has 0 saturated carbocycles. The molecule has 2 aromatic heterocycles. The van der Waals surface area contributed by atoms with Crippen molar-refractivity contribution in [2.45, 2.75) is 25.6 Å². The van der Waals surface area contributed by atoms with Crippen LogP contribution in [0.3, 0.4) is 0 Å². The van der Waals surface area contributed by atoms with Crippen LogP contribution in [0.25, 0.3) is 0 Å². The molecule has 8 nitrogen and oxygen atoms in total. The van der Waals surface area contributed by atoms with Crippen molar-refractivity contribution in [3.05, 3.63) is 71.5 Å². The molecule has 3 aliphatic heterocycles. The molecule has 6 rings (SSSR count). The summed E-state index contributed by atoms with van der Waals surface area (Å²) >= 11 is 0. The van der Waals surface area contributed by atoms with E-state index in [9.17, 15) is 0 Å². The molecule has 2 N–H and O–H groups in total.